The molecule has 1 N–H and O–H groups in total. The van der Waals surface area contributed by atoms with Crippen molar-refractivity contribution in [2.45, 2.75) is 40.5 Å². The summed E-state index contributed by atoms with van der Waals surface area (Å²) in [5, 5.41) is 0.325. The molecule has 0 fully saturated rings. The predicted octanol–water partition coefficient (Wildman–Crippen LogP) is 3.95. The number of rotatable bonds is 9. The van der Waals surface area contributed by atoms with E-state index in [2.05, 4.69) is 0 Å². The summed E-state index contributed by atoms with van der Waals surface area (Å²) in [4.78, 5) is 8.81. The first kappa shape index (κ1) is 17.8. The second kappa shape index (κ2) is 8.78. The highest BCUT2D eigenvalue weighted by Crippen LogP contribution is 2.59. The van der Waals surface area contributed by atoms with Crippen LogP contribution in [-0.2, 0) is 22.7 Å². The minimum absolute atomic E-state index is 0.200. The van der Waals surface area contributed by atoms with Crippen molar-refractivity contribution in [2.24, 2.45) is 0 Å². The third-order valence-electron chi connectivity index (χ3n) is 2.09. The zero-order valence-corrected chi connectivity index (χ0v) is 13.0. The summed E-state index contributed by atoms with van der Waals surface area (Å²) in [5.41, 5.74) is 0. The van der Waals surface area contributed by atoms with Gasteiger partial charge in [-0.1, -0.05) is 13.8 Å². The van der Waals surface area contributed by atoms with Gasteiger partial charge in [0.1, 0.15) is 0 Å². The van der Waals surface area contributed by atoms with Gasteiger partial charge >= 0.3 is 15.9 Å². The lowest BCUT2D eigenvalue weighted by atomic mass is 10.3. The zero-order chi connectivity index (χ0) is 14.2. The SMILES string of the molecule is CCOP(=O)(OCC)C(CC)=C(CC)O[P+](=O)O. The zero-order valence-electron chi connectivity index (χ0n) is 11.2. The molecule has 0 heterocycles. The van der Waals surface area contributed by atoms with Gasteiger partial charge in [-0.15, -0.1) is 4.89 Å². The molecule has 0 amide bonds. The van der Waals surface area contributed by atoms with Gasteiger partial charge in [0.2, 0.25) is 0 Å². The van der Waals surface area contributed by atoms with Crippen molar-refractivity contribution in [2.75, 3.05) is 13.2 Å². The predicted molar refractivity (Wildman–Crippen MR) is 69.4 cm³/mol. The summed E-state index contributed by atoms with van der Waals surface area (Å²) in [6, 6.07) is 0. The average Bonchev–Trinajstić information content (AvgIpc) is 2.28. The molecule has 0 aromatic carbocycles. The molecule has 0 aliphatic carbocycles. The van der Waals surface area contributed by atoms with E-state index < -0.39 is 15.9 Å². The van der Waals surface area contributed by atoms with Gasteiger partial charge in [-0.2, -0.15) is 0 Å². The van der Waals surface area contributed by atoms with E-state index in [-0.39, 0.29) is 19.0 Å². The normalized spacial score (nSPS) is 14.2. The van der Waals surface area contributed by atoms with Crippen molar-refractivity contribution in [3.05, 3.63) is 11.1 Å². The van der Waals surface area contributed by atoms with E-state index in [1.54, 1.807) is 27.7 Å². The fraction of sp³-hybridized carbons (Fsp3) is 0.800. The molecule has 0 aromatic heterocycles. The van der Waals surface area contributed by atoms with Gasteiger partial charge < -0.3 is 9.05 Å². The van der Waals surface area contributed by atoms with Gasteiger partial charge in [0, 0.05) is 11.0 Å². The monoisotopic (exact) mass is 299 g/mol. The Morgan fingerprint density at radius 1 is 1.11 bits per heavy atom. The fourth-order valence-electron chi connectivity index (χ4n) is 1.49. The Balaban J connectivity index is 5.49. The summed E-state index contributed by atoms with van der Waals surface area (Å²) < 4.78 is 38.5. The minimum atomic E-state index is -3.44. The Morgan fingerprint density at radius 3 is 1.89 bits per heavy atom. The molecule has 0 aliphatic heterocycles. The molecule has 0 aromatic rings. The van der Waals surface area contributed by atoms with Crippen LogP contribution >= 0.6 is 15.9 Å². The molecule has 0 saturated carbocycles. The van der Waals surface area contributed by atoms with Crippen molar-refractivity contribution in [3.63, 3.8) is 0 Å². The molecular weight excluding hydrogens is 278 g/mol. The lowest BCUT2D eigenvalue weighted by molar-refractivity contribution is 0.223. The minimum Gasteiger partial charge on any atom is -0.306 e. The smallest absolute Gasteiger partial charge is 0.306 e. The van der Waals surface area contributed by atoms with E-state index in [0.29, 0.717) is 18.2 Å². The van der Waals surface area contributed by atoms with Gasteiger partial charge in [-0.25, -0.2) is 4.52 Å². The maximum atomic E-state index is 12.6. The van der Waals surface area contributed by atoms with Crippen molar-refractivity contribution in [1.82, 2.24) is 0 Å². The third kappa shape index (κ3) is 5.17. The lowest BCUT2D eigenvalue weighted by Crippen LogP contribution is -2.02. The maximum Gasteiger partial charge on any atom is 0.747 e. The van der Waals surface area contributed by atoms with Crippen LogP contribution in [0.15, 0.2) is 11.1 Å². The van der Waals surface area contributed by atoms with Crippen LogP contribution in [0.1, 0.15) is 40.5 Å². The molecular formula is C10H21O6P2+. The molecule has 0 bridgehead atoms. The third-order valence-corrected chi connectivity index (χ3v) is 4.89. The first-order valence-corrected chi connectivity index (χ1v) is 8.58. The molecule has 0 radical (unpaired) electrons. The summed E-state index contributed by atoms with van der Waals surface area (Å²) in [6.45, 7) is 7.37. The van der Waals surface area contributed by atoms with Crippen LogP contribution in [0.5, 0.6) is 0 Å². The van der Waals surface area contributed by atoms with E-state index in [1.807, 2.05) is 0 Å². The maximum absolute atomic E-state index is 12.6. The standard InChI is InChI=1S/C10H20O6P2/c1-5-9(16-17(11)12)10(6-2)18(13,14-7-3)15-8-4/h5-8H2,1-4H3/p+1. The van der Waals surface area contributed by atoms with Crippen molar-refractivity contribution in [1.29, 1.82) is 0 Å². The number of hydrogen-bond donors (Lipinski definition) is 1. The van der Waals surface area contributed by atoms with E-state index in [1.165, 1.54) is 0 Å². The highest BCUT2D eigenvalue weighted by Gasteiger charge is 2.34. The fourth-order valence-corrected chi connectivity index (χ4v) is 3.95. The van der Waals surface area contributed by atoms with Crippen LogP contribution in [0.25, 0.3) is 0 Å². The quantitative estimate of drug-likeness (QED) is 0.512. The molecule has 8 heteroatoms. The highest BCUT2D eigenvalue weighted by atomic mass is 31.2. The van der Waals surface area contributed by atoms with Crippen molar-refractivity contribution in [3.8, 4) is 0 Å². The Morgan fingerprint density at radius 2 is 1.61 bits per heavy atom. The van der Waals surface area contributed by atoms with Crippen LogP contribution in [-0.4, -0.2) is 18.1 Å². The van der Waals surface area contributed by atoms with Crippen molar-refractivity contribution < 1.29 is 27.6 Å². The summed E-state index contributed by atoms with van der Waals surface area (Å²) in [7, 11) is -6.23. The molecule has 1 atom stereocenters. The molecule has 106 valence electrons. The Kier molecular flexibility index (Phi) is 8.66. The van der Waals surface area contributed by atoms with Gasteiger partial charge in [0.15, 0.2) is 5.76 Å². The molecule has 0 saturated heterocycles. The molecule has 0 spiro atoms. The Hall–Kier alpha value is -0.250. The van der Waals surface area contributed by atoms with E-state index in [4.69, 9.17) is 18.5 Å². The lowest BCUT2D eigenvalue weighted by Gasteiger charge is -2.19. The summed E-state index contributed by atoms with van der Waals surface area (Å²) in [6.07, 6.45) is 0.707. The van der Waals surface area contributed by atoms with Crippen LogP contribution in [0.4, 0.5) is 0 Å². The van der Waals surface area contributed by atoms with Crippen LogP contribution < -0.4 is 0 Å². The van der Waals surface area contributed by atoms with Gasteiger partial charge in [0.05, 0.1) is 18.5 Å². The van der Waals surface area contributed by atoms with Gasteiger partial charge in [-0.05, 0) is 20.3 Å². The topological polar surface area (TPSA) is 82.1 Å². The van der Waals surface area contributed by atoms with E-state index >= 15 is 0 Å². The Labute approximate surface area is 109 Å². The highest BCUT2D eigenvalue weighted by molar-refractivity contribution is 7.58. The van der Waals surface area contributed by atoms with Gasteiger partial charge in [-0.3, -0.25) is 4.57 Å². The van der Waals surface area contributed by atoms with Crippen LogP contribution in [0, 0.1) is 0 Å². The van der Waals surface area contributed by atoms with Crippen LogP contribution in [0.2, 0.25) is 0 Å². The summed E-state index contributed by atoms with van der Waals surface area (Å²) >= 11 is 0. The number of hydrogen-bond acceptors (Lipinski definition) is 5. The van der Waals surface area contributed by atoms with E-state index in [9.17, 15) is 9.13 Å². The first-order chi connectivity index (χ1) is 8.45. The Bertz CT molecular complexity index is 342. The van der Waals surface area contributed by atoms with E-state index in [0.717, 1.165) is 0 Å². The molecule has 6 nitrogen and oxygen atoms in total. The van der Waals surface area contributed by atoms with Crippen LogP contribution in [0.3, 0.4) is 0 Å². The number of allylic oxidation sites excluding steroid dienone is 2. The van der Waals surface area contributed by atoms with Gasteiger partial charge in [0.25, 0.3) is 0 Å². The summed E-state index contributed by atoms with van der Waals surface area (Å²) in [5.74, 6) is 0.200. The first-order valence-electron chi connectivity index (χ1n) is 5.90. The molecule has 0 aliphatic rings. The van der Waals surface area contributed by atoms with Crippen molar-refractivity contribution >= 4 is 15.9 Å². The molecule has 1 unspecified atom stereocenters. The molecule has 0 rings (SSSR count). The molecule has 18 heavy (non-hydrogen) atoms. The second-order valence-electron chi connectivity index (χ2n) is 3.24. The average molecular weight is 299 g/mol. The largest absolute Gasteiger partial charge is 0.747 e. The second-order valence-corrected chi connectivity index (χ2v) is 5.95.